The van der Waals surface area contributed by atoms with Crippen LogP contribution in [-0.2, 0) is 13.6 Å². The van der Waals surface area contributed by atoms with E-state index in [9.17, 15) is 4.79 Å². The molecule has 4 rings (SSSR count). The number of hydrogen-bond donors (Lipinski definition) is 0. The van der Waals surface area contributed by atoms with Crippen molar-refractivity contribution in [3.05, 3.63) is 30.1 Å². The first-order chi connectivity index (χ1) is 12.6. The largest absolute Gasteiger partial charge is 0.340 e. The molecule has 0 aromatic carbocycles. The van der Waals surface area contributed by atoms with Crippen LogP contribution in [0.4, 0.5) is 0 Å². The molecule has 2 fully saturated rings. The van der Waals surface area contributed by atoms with E-state index in [0.717, 1.165) is 51.4 Å². The van der Waals surface area contributed by atoms with E-state index in [2.05, 4.69) is 32.1 Å². The SMILES string of the molecule is CN1CCN(Cc2cn(C3CCN(C(=O)c4cn(C)cn4)C3)nn2)CC1. The standard InChI is InChI=1S/C17H26N8O/c1-21-5-7-23(8-6-21)9-14-10-25(20-19-14)15-3-4-24(11-15)17(26)16-12-22(2)13-18-16/h10,12-13,15H,3-9,11H2,1-2H3. The van der Waals surface area contributed by atoms with Crippen molar-refractivity contribution in [2.45, 2.75) is 19.0 Å². The summed E-state index contributed by atoms with van der Waals surface area (Å²) in [5.74, 6) is -0.00845. The molecule has 0 radical (unpaired) electrons. The third-order valence-electron chi connectivity index (χ3n) is 5.29. The lowest BCUT2D eigenvalue weighted by molar-refractivity contribution is 0.0781. The van der Waals surface area contributed by atoms with E-state index < -0.39 is 0 Å². The predicted molar refractivity (Wildman–Crippen MR) is 95.6 cm³/mol. The summed E-state index contributed by atoms with van der Waals surface area (Å²) < 4.78 is 3.72. The molecule has 0 saturated carbocycles. The second-order valence-corrected chi connectivity index (χ2v) is 7.39. The molecule has 0 bridgehead atoms. The lowest BCUT2D eigenvalue weighted by Crippen LogP contribution is -2.43. The molecule has 2 aromatic heterocycles. The molecule has 4 heterocycles. The zero-order valence-electron chi connectivity index (χ0n) is 15.5. The summed E-state index contributed by atoms with van der Waals surface area (Å²) in [6, 6.07) is 0.191. The minimum Gasteiger partial charge on any atom is -0.340 e. The Morgan fingerprint density at radius 3 is 2.69 bits per heavy atom. The van der Waals surface area contributed by atoms with Crippen LogP contribution in [-0.4, -0.2) is 91.5 Å². The maximum absolute atomic E-state index is 12.5. The van der Waals surface area contributed by atoms with Gasteiger partial charge in [-0.25, -0.2) is 9.67 Å². The quantitative estimate of drug-likeness (QED) is 0.756. The fraction of sp³-hybridized carbons (Fsp3) is 0.647. The Balaban J connectivity index is 1.34. The first-order valence-electron chi connectivity index (χ1n) is 9.17. The van der Waals surface area contributed by atoms with Crippen molar-refractivity contribution >= 4 is 5.91 Å². The van der Waals surface area contributed by atoms with Crippen LogP contribution in [0, 0.1) is 0 Å². The van der Waals surface area contributed by atoms with E-state index in [1.54, 1.807) is 17.1 Å². The molecule has 1 atom stereocenters. The Kier molecular flexibility index (Phi) is 4.73. The lowest BCUT2D eigenvalue weighted by Gasteiger charge is -2.31. The van der Waals surface area contributed by atoms with Gasteiger partial charge in [0.1, 0.15) is 5.69 Å². The molecule has 0 aliphatic carbocycles. The number of carbonyl (C=O) groups excluding carboxylic acids is 1. The van der Waals surface area contributed by atoms with E-state index >= 15 is 0 Å². The van der Waals surface area contributed by atoms with Crippen LogP contribution in [0.5, 0.6) is 0 Å². The van der Waals surface area contributed by atoms with E-state index in [0.29, 0.717) is 12.2 Å². The van der Waals surface area contributed by atoms with E-state index in [1.165, 1.54) is 0 Å². The molecule has 140 valence electrons. The van der Waals surface area contributed by atoms with Gasteiger partial charge in [0.2, 0.25) is 0 Å². The summed E-state index contributed by atoms with van der Waals surface area (Å²) in [6.45, 7) is 6.57. The highest BCUT2D eigenvalue weighted by molar-refractivity contribution is 5.92. The minimum atomic E-state index is -0.00845. The first kappa shape index (κ1) is 17.2. The molecule has 2 saturated heterocycles. The van der Waals surface area contributed by atoms with Gasteiger partial charge in [0.05, 0.1) is 24.3 Å². The monoisotopic (exact) mass is 358 g/mol. The third kappa shape index (κ3) is 3.63. The molecule has 2 aromatic rings. The maximum atomic E-state index is 12.5. The molecule has 2 aliphatic rings. The molecule has 9 heteroatoms. The van der Waals surface area contributed by atoms with Crippen LogP contribution < -0.4 is 0 Å². The summed E-state index contributed by atoms with van der Waals surface area (Å²) >= 11 is 0. The van der Waals surface area contributed by atoms with Crippen LogP contribution in [0.1, 0.15) is 28.6 Å². The van der Waals surface area contributed by atoms with Gasteiger partial charge in [-0.3, -0.25) is 9.69 Å². The number of imidazole rings is 1. The van der Waals surface area contributed by atoms with Gasteiger partial charge >= 0.3 is 0 Å². The summed E-state index contributed by atoms with van der Waals surface area (Å²) in [5.41, 5.74) is 1.51. The summed E-state index contributed by atoms with van der Waals surface area (Å²) in [4.78, 5) is 23.3. The Labute approximate surface area is 153 Å². The highest BCUT2D eigenvalue weighted by atomic mass is 16.2. The molecular weight excluding hydrogens is 332 g/mol. The minimum absolute atomic E-state index is 0.00845. The van der Waals surface area contributed by atoms with Crippen molar-refractivity contribution in [1.82, 2.24) is 39.2 Å². The molecule has 1 amide bonds. The molecular formula is C17H26N8O. The van der Waals surface area contributed by atoms with Gasteiger partial charge in [-0.05, 0) is 13.5 Å². The Morgan fingerprint density at radius 2 is 1.96 bits per heavy atom. The number of likely N-dealkylation sites (N-methyl/N-ethyl adjacent to an activating group) is 1. The van der Waals surface area contributed by atoms with Gasteiger partial charge in [0.25, 0.3) is 5.91 Å². The number of aryl methyl sites for hydroxylation is 1. The number of likely N-dealkylation sites (tertiary alicyclic amines) is 1. The van der Waals surface area contributed by atoms with Crippen molar-refractivity contribution < 1.29 is 4.79 Å². The van der Waals surface area contributed by atoms with Gasteiger partial charge in [0, 0.05) is 59.1 Å². The lowest BCUT2D eigenvalue weighted by atomic mass is 10.2. The van der Waals surface area contributed by atoms with Crippen molar-refractivity contribution in [2.24, 2.45) is 7.05 Å². The molecule has 0 N–H and O–H groups in total. The highest BCUT2D eigenvalue weighted by Gasteiger charge is 2.30. The zero-order valence-corrected chi connectivity index (χ0v) is 15.5. The number of nitrogens with zero attached hydrogens (tertiary/aromatic N) is 8. The van der Waals surface area contributed by atoms with Crippen LogP contribution >= 0.6 is 0 Å². The summed E-state index contributed by atoms with van der Waals surface area (Å²) in [5, 5.41) is 8.67. The van der Waals surface area contributed by atoms with Crippen molar-refractivity contribution in [3.63, 3.8) is 0 Å². The molecule has 26 heavy (non-hydrogen) atoms. The smallest absolute Gasteiger partial charge is 0.274 e. The van der Waals surface area contributed by atoms with Crippen LogP contribution in [0.15, 0.2) is 18.7 Å². The second-order valence-electron chi connectivity index (χ2n) is 7.39. The number of rotatable bonds is 4. The summed E-state index contributed by atoms with van der Waals surface area (Å²) in [7, 11) is 4.03. The normalized spacial score (nSPS) is 22.2. The van der Waals surface area contributed by atoms with Crippen LogP contribution in [0.2, 0.25) is 0 Å². The van der Waals surface area contributed by atoms with E-state index in [1.807, 2.05) is 22.8 Å². The third-order valence-corrected chi connectivity index (χ3v) is 5.29. The Morgan fingerprint density at radius 1 is 1.15 bits per heavy atom. The van der Waals surface area contributed by atoms with Crippen molar-refractivity contribution in [1.29, 1.82) is 0 Å². The molecule has 0 spiro atoms. The second kappa shape index (κ2) is 7.16. The van der Waals surface area contributed by atoms with Gasteiger partial charge in [0.15, 0.2) is 0 Å². The van der Waals surface area contributed by atoms with E-state index in [4.69, 9.17) is 0 Å². The topological polar surface area (TPSA) is 75.3 Å². The van der Waals surface area contributed by atoms with Crippen LogP contribution in [0.3, 0.4) is 0 Å². The summed E-state index contributed by atoms with van der Waals surface area (Å²) in [6.07, 6.45) is 6.36. The van der Waals surface area contributed by atoms with Crippen molar-refractivity contribution in [3.8, 4) is 0 Å². The molecule has 9 nitrogen and oxygen atoms in total. The molecule has 2 aliphatic heterocycles. The fourth-order valence-electron chi connectivity index (χ4n) is 3.63. The predicted octanol–water partition coefficient (Wildman–Crippen LogP) is -0.154. The number of amides is 1. The zero-order chi connectivity index (χ0) is 18.1. The van der Waals surface area contributed by atoms with Gasteiger partial charge in [-0.2, -0.15) is 0 Å². The maximum Gasteiger partial charge on any atom is 0.274 e. The average Bonchev–Trinajstić information content (AvgIpc) is 3.36. The van der Waals surface area contributed by atoms with E-state index in [-0.39, 0.29) is 11.9 Å². The molecule has 1 unspecified atom stereocenters. The number of aromatic nitrogens is 5. The van der Waals surface area contributed by atoms with Gasteiger partial charge < -0.3 is 14.4 Å². The Hall–Kier alpha value is -2.26. The first-order valence-corrected chi connectivity index (χ1v) is 9.17. The number of hydrogen-bond acceptors (Lipinski definition) is 6. The fourth-order valence-corrected chi connectivity index (χ4v) is 3.63. The number of piperazine rings is 1. The number of carbonyl (C=O) groups is 1. The highest BCUT2D eigenvalue weighted by Crippen LogP contribution is 2.22. The van der Waals surface area contributed by atoms with Crippen molar-refractivity contribution in [2.75, 3.05) is 46.3 Å². The average molecular weight is 358 g/mol. The van der Waals surface area contributed by atoms with Crippen LogP contribution in [0.25, 0.3) is 0 Å². The van der Waals surface area contributed by atoms with Gasteiger partial charge in [-0.15, -0.1) is 5.10 Å². The van der Waals surface area contributed by atoms with Gasteiger partial charge in [-0.1, -0.05) is 5.21 Å². The Bertz CT molecular complexity index is 760.